The van der Waals surface area contributed by atoms with E-state index in [9.17, 15) is 0 Å². The molecule has 0 N–H and O–H groups in total. The summed E-state index contributed by atoms with van der Waals surface area (Å²) < 4.78 is 0. The summed E-state index contributed by atoms with van der Waals surface area (Å²) in [5.41, 5.74) is 5.85. The fourth-order valence-electron chi connectivity index (χ4n) is 6.76. The van der Waals surface area contributed by atoms with Gasteiger partial charge in [0.2, 0.25) is 0 Å². The Hall–Kier alpha value is -1.52. The zero-order chi connectivity index (χ0) is 27.0. The second-order valence-corrected chi connectivity index (χ2v) is 23.8. The summed E-state index contributed by atoms with van der Waals surface area (Å²) in [7, 11) is -0.473. The van der Waals surface area contributed by atoms with E-state index in [1.807, 2.05) is 0 Å². The van der Waals surface area contributed by atoms with Crippen molar-refractivity contribution in [1.82, 2.24) is 0 Å². The normalized spacial score (nSPS) is 20.6. The largest absolute Gasteiger partial charge is 0.0956 e. The molecule has 0 fully saturated rings. The van der Waals surface area contributed by atoms with E-state index in [0.717, 1.165) is 6.16 Å². The Balaban J connectivity index is 2.04. The van der Waals surface area contributed by atoms with Crippen LogP contribution in [0.3, 0.4) is 0 Å². The third-order valence-corrected chi connectivity index (χ3v) is 20.9. The zero-order valence-electron chi connectivity index (χ0n) is 24.0. The third-order valence-electron chi connectivity index (χ3n) is 8.13. The third kappa shape index (κ3) is 4.44. The van der Waals surface area contributed by atoms with Crippen LogP contribution in [0.2, 0.25) is 0 Å². The van der Waals surface area contributed by atoms with E-state index in [0.29, 0.717) is 5.40 Å². The van der Waals surface area contributed by atoms with Gasteiger partial charge in [-0.15, -0.1) is 0 Å². The van der Waals surface area contributed by atoms with E-state index in [1.54, 1.807) is 0 Å². The van der Waals surface area contributed by atoms with Crippen LogP contribution in [0.1, 0.15) is 78.8 Å². The van der Waals surface area contributed by atoms with Gasteiger partial charge in [0.1, 0.15) is 0 Å². The molecule has 1 unspecified atom stereocenters. The van der Waals surface area contributed by atoms with E-state index >= 15 is 0 Å². The van der Waals surface area contributed by atoms with Crippen molar-refractivity contribution in [2.24, 2.45) is 0 Å². The lowest BCUT2D eigenvalue weighted by atomic mass is 9.88. The summed E-state index contributed by atoms with van der Waals surface area (Å²) in [6.45, 7) is 22.1. The molecule has 0 nitrogen and oxygen atoms in total. The fourth-order valence-corrected chi connectivity index (χ4v) is 20.0. The average molecular weight is 545 g/mol. The van der Waals surface area contributed by atoms with Gasteiger partial charge in [0, 0.05) is 11.6 Å². The standard InChI is InChI=1S/C34H42P2S/c1-32(2,3)35(33(4,5)6)31-28-21-20-24-15-11-13-17-27(24)30(28)29-25(22-36(31,37)34(7,8)9)19-18-23-14-10-12-16-26(23)29/h10-21,31H,22H2,1-9H3/t31-,36?/m1/s1. The first-order chi connectivity index (χ1) is 17.1. The number of hydrogen-bond donors (Lipinski definition) is 0. The van der Waals surface area contributed by atoms with Gasteiger partial charge >= 0.3 is 0 Å². The highest BCUT2D eigenvalue weighted by atomic mass is 32.4. The van der Waals surface area contributed by atoms with Crippen molar-refractivity contribution in [2.75, 3.05) is 0 Å². The Labute approximate surface area is 231 Å². The van der Waals surface area contributed by atoms with Crippen LogP contribution in [0.15, 0.2) is 72.8 Å². The number of fused-ring (bicyclic) bond motifs is 7. The molecule has 0 radical (unpaired) electrons. The molecular weight excluding hydrogens is 502 g/mol. The zero-order valence-corrected chi connectivity index (χ0v) is 26.6. The maximum Gasteiger partial charge on any atom is 0.0356 e. The van der Waals surface area contributed by atoms with Crippen molar-refractivity contribution in [2.45, 2.75) is 89.3 Å². The van der Waals surface area contributed by atoms with E-state index in [2.05, 4.69) is 135 Å². The maximum absolute atomic E-state index is 7.14. The van der Waals surface area contributed by atoms with Crippen LogP contribution in [0.4, 0.5) is 0 Å². The van der Waals surface area contributed by atoms with Gasteiger partial charge in [-0.05, 0) is 65.3 Å². The minimum atomic E-state index is -1.96. The summed E-state index contributed by atoms with van der Waals surface area (Å²) in [6, 6.07) is 25.6. The first kappa shape index (κ1) is 27.1. The number of hydrogen-bond acceptors (Lipinski definition) is 1. The summed E-state index contributed by atoms with van der Waals surface area (Å²) in [4.78, 5) is 0. The minimum absolute atomic E-state index is 0.0558. The van der Waals surface area contributed by atoms with E-state index in [4.69, 9.17) is 11.8 Å². The van der Waals surface area contributed by atoms with Crippen molar-refractivity contribution < 1.29 is 0 Å². The highest BCUT2D eigenvalue weighted by Crippen LogP contribution is 2.86. The Morgan fingerprint density at radius 2 is 1.14 bits per heavy atom. The van der Waals surface area contributed by atoms with Gasteiger partial charge in [0.25, 0.3) is 0 Å². The second-order valence-electron chi connectivity index (χ2n) is 13.8. The van der Waals surface area contributed by atoms with Crippen molar-refractivity contribution in [1.29, 1.82) is 0 Å². The quantitative estimate of drug-likeness (QED) is 0.215. The molecule has 0 aliphatic carbocycles. The molecule has 5 rings (SSSR count). The first-order valence-corrected chi connectivity index (χ1v) is 18.0. The molecule has 0 saturated carbocycles. The molecule has 4 aromatic rings. The molecule has 4 aromatic carbocycles. The van der Waals surface area contributed by atoms with Gasteiger partial charge in [-0.2, -0.15) is 0 Å². The Kier molecular flexibility index (Phi) is 6.59. The molecule has 0 bridgehead atoms. The van der Waals surface area contributed by atoms with Crippen molar-refractivity contribution in [3.8, 4) is 11.1 Å². The molecule has 0 saturated heterocycles. The molecule has 0 amide bonds. The number of benzene rings is 4. The topological polar surface area (TPSA) is 0 Å². The van der Waals surface area contributed by atoms with E-state index in [1.165, 1.54) is 43.8 Å². The lowest BCUT2D eigenvalue weighted by molar-refractivity contribution is 0.697. The summed E-state index contributed by atoms with van der Waals surface area (Å²) in [6.07, 6.45) is 1.02. The van der Waals surface area contributed by atoms with Gasteiger partial charge < -0.3 is 0 Å². The van der Waals surface area contributed by atoms with Crippen LogP contribution in [-0.4, -0.2) is 15.5 Å². The van der Waals surface area contributed by atoms with Crippen LogP contribution in [0, 0.1) is 0 Å². The molecule has 0 aromatic heterocycles. The highest BCUT2D eigenvalue weighted by molar-refractivity contribution is 8.17. The van der Waals surface area contributed by atoms with Crippen molar-refractivity contribution in [3.05, 3.63) is 83.9 Å². The predicted molar refractivity (Wildman–Crippen MR) is 174 cm³/mol. The minimum Gasteiger partial charge on any atom is -0.0956 e. The number of rotatable bonds is 1. The van der Waals surface area contributed by atoms with E-state index in [-0.39, 0.29) is 15.5 Å². The molecule has 1 aliphatic heterocycles. The molecule has 0 spiro atoms. The molecule has 2 atom stereocenters. The smallest absolute Gasteiger partial charge is 0.0356 e. The SMILES string of the molecule is CC(C)(C)P([C@H]1c2ccc3ccccc3c2-c2c(ccc3ccccc23)CP1(=S)C(C)(C)C)C(C)(C)C. The summed E-state index contributed by atoms with van der Waals surface area (Å²) in [5.74, 6) is 0. The van der Waals surface area contributed by atoms with Crippen LogP contribution in [-0.2, 0) is 18.0 Å². The monoisotopic (exact) mass is 544 g/mol. The molecule has 194 valence electrons. The Morgan fingerprint density at radius 1 is 0.649 bits per heavy atom. The molecule has 1 heterocycles. The molecule has 3 heteroatoms. The van der Waals surface area contributed by atoms with E-state index < -0.39 is 14.0 Å². The molecule has 37 heavy (non-hydrogen) atoms. The lowest BCUT2D eigenvalue weighted by Crippen LogP contribution is -2.31. The molecule has 1 aliphatic rings. The van der Waals surface area contributed by atoms with Crippen LogP contribution in [0.25, 0.3) is 32.7 Å². The first-order valence-electron chi connectivity index (χ1n) is 13.6. The Bertz CT molecular complexity index is 1530. The van der Waals surface area contributed by atoms with Gasteiger partial charge in [-0.1, -0.05) is 155 Å². The highest BCUT2D eigenvalue weighted by Gasteiger charge is 2.52. The fraction of sp³-hybridized carbons (Fsp3) is 0.412. The van der Waals surface area contributed by atoms with Crippen LogP contribution < -0.4 is 0 Å². The van der Waals surface area contributed by atoms with Crippen molar-refractivity contribution in [3.63, 3.8) is 0 Å². The summed E-state index contributed by atoms with van der Waals surface area (Å²) in [5, 5.41) is 6.17. The molecular formula is C34H42P2S. The van der Waals surface area contributed by atoms with Gasteiger partial charge in [0.05, 0.1) is 0 Å². The second kappa shape index (κ2) is 9.01. The Morgan fingerprint density at radius 3 is 1.65 bits per heavy atom. The maximum atomic E-state index is 7.14. The predicted octanol–water partition coefficient (Wildman–Crippen LogP) is 11.5. The average Bonchev–Trinajstić information content (AvgIpc) is 2.90. The lowest BCUT2D eigenvalue weighted by Gasteiger charge is -2.53. The van der Waals surface area contributed by atoms with Gasteiger partial charge in [0.15, 0.2) is 0 Å². The van der Waals surface area contributed by atoms with Gasteiger partial charge in [-0.3, -0.25) is 0 Å². The van der Waals surface area contributed by atoms with Crippen molar-refractivity contribution >= 4 is 47.3 Å². The van der Waals surface area contributed by atoms with Crippen LogP contribution in [0.5, 0.6) is 0 Å². The van der Waals surface area contributed by atoms with Gasteiger partial charge in [-0.25, -0.2) is 0 Å². The van der Waals surface area contributed by atoms with Crippen LogP contribution >= 0.6 is 14.0 Å². The summed E-state index contributed by atoms with van der Waals surface area (Å²) >= 11 is 7.14.